The third-order valence-electron chi connectivity index (χ3n) is 7.30. The summed E-state index contributed by atoms with van der Waals surface area (Å²) in [5, 5.41) is 4.87. The number of rotatable bonds is 9. The summed E-state index contributed by atoms with van der Waals surface area (Å²) in [6.45, 7) is 13.6. The molecule has 36 heavy (non-hydrogen) atoms. The minimum Gasteiger partial charge on any atom is -0.354 e. The monoisotopic (exact) mass is 491 g/mol. The number of anilines is 1. The first-order valence-electron chi connectivity index (χ1n) is 13.1. The van der Waals surface area contributed by atoms with Gasteiger partial charge < -0.3 is 14.7 Å². The molecule has 1 fully saturated rings. The van der Waals surface area contributed by atoms with Crippen LogP contribution in [0, 0.1) is 12.7 Å². The van der Waals surface area contributed by atoms with Crippen molar-refractivity contribution in [1.29, 1.82) is 0 Å². The van der Waals surface area contributed by atoms with Gasteiger partial charge in [-0.3, -0.25) is 4.79 Å². The van der Waals surface area contributed by atoms with Crippen molar-refractivity contribution in [3.63, 3.8) is 0 Å². The normalized spacial score (nSPS) is 15.2. The summed E-state index contributed by atoms with van der Waals surface area (Å²) in [4.78, 5) is 20.3. The third-order valence-corrected chi connectivity index (χ3v) is 7.30. The highest BCUT2D eigenvalue weighted by molar-refractivity contribution is 5.79. The second-order valence-corrected chi connectivity index (χ2v) is 9.64. The van der Waals surface area contributed by atoms with Crippen LogP contribution in [0.25, 0.3) is 5.69 Å². The van der Waals surface area contributed by atoms with Gasteiger partial charge in [0.1, 0.15) is 11.6 Å². The van der Waals surface area contributed by atoms with Gasteiger partial charge in [-0.2, -0.15) is 5.10 Å². The number of aryl methyl sites for hydroxylation is 1. The summed E-state index contributed by atoms with van der Waals surface area (Å²) in [5.41, 5.74) is 3.61. The molecular formula is C29H38FN5O. The Hall–Kier alpha value is -3.19. The maximum Gasteiger partial charge on any atom is 0.227 e. The van der Waals surface area contributed by atoms with E-state index in [1.54, 1.807) is 6.07 Å². The second kappa shape index (κ2) is 11.7. The zero-order valence-electron chi connectivity index (χ0n) is 22.0. The summed E-state index contributed by atoms with van der Waals surface area (Å²) in [5.74, 6) is 0.785. The van der Waals surface area contributed by atoms with E-state index in [4.69, 9.17) is 5.10 Å². The zero-order chi connectivity index (χ0) is 25.7. The molecule has 0 saturated carbocycles. The molecule has 3 aromatic rings. The van der Waals surface area contributed by atoms with E-state index >= 15 is 0 Å². The molecule has 0 bridgehead atoms. The van der Waals surface area contributed by atoms with Gasteiger partial charge in [-0.25, -0.2) is 9.07 Å². The molecule has 6 nitrogen and oxygen atoms in total. The van der Waals surface area contributed by atoms with E-state index in [1.165, 1.54) is 12.1 Å². The Morgan fingerprint density at radius 3 is 2.42 bits per heavy atom. The SMILES string of the molecule is CC[C@@H](C)N(Cc1c(C)nn(-c2cccc(F)c2)c1N1CCN(CC)CC1)C(=O)Cc1ccccc1. The molecule has 1 saturated heterocycles. The molecule has 0 N–H and O–H groups in total. The van der Waals surface area contributed by atoms with E-state index in [0.717, 1.165) is 61.8 Å². The predicted octanol–water partition coefficient (Wildman–Crippen LogP) is 4.83. The molecule has 0 radical (unpaired) electrons. The van der Waals surface area contributed by atoms with Crippen LogP contribution >= 0.6 is 0 Å². The molecule has 0 aliphatic carbocycles. The first-order valence-corrected chi connectivity index (χ1v) is 13.1. The summed E-state index contributed by atoms with van der Waals surface area (Å²) < 4.78 is 16.1. The molecule has 4 rings (SSSR count). The molecule has 1 aliphatic rings. The van der Waals surface area contributed by atoms with Crippen LogP contribution in [-0.2, 0) is 17.8 Å². The molecule has 1 aliphatic heterocycles. The number of amides is 1. The van der Waals surface area contributed by atoms with E-state index in [2.05, 4.69) is 30.6 Å². The van der Waals surface area contributed by atoms with Crippen LogP contribution < -0.4 is 4.90 Å². The maximum absolute atomic E-state index is 14.2. The highest BCUT2D eigenvalue weighted by atomic mass is 19.1. The summed E-state index contributed by atoms with van der Waals surface area (Å²) in [6, 6.07) is 16.6. The smallest absolute Gasteiger partial charge is 0.227 e. The number of likely N-dealkylation sites (N-methyl/N-ethyl adjacent to an activating group) is 1. The number of nitrogens with zero attached hydrogens (tertiary/aromatic N) is 5. The minimum atomic E-state index is -0.289. The standard InChI is InChI=1S/C29H38FN5O/c1-5-22(3)34(28(36)19-24-11-8-7-9-12-24)21-27-23(4)31-35(26-14-10-13-25(30)20-26)29(27)33-17-15-32(6-2)16-18-33/h7-14,20,22H,5-6,15-19,21H2,1-4H3/t22-/m1/s1. The Kier molecular flexibility index (Phi) is 8.41. The highest BCUT2D eigenvalue weighted by Gasteiger charge is 2.29. The van der Waals surface area contributed by atoms with Crippen LogP contribution in [0.3, 0.4) is 0 Å². The third kappa shape index (κ3) is 5.78. The highest BCUT2D eigenvalue weighted by Crippen LogP contribution is 2.31. The number of halogens is 1. The number of piperazine rings is 1. The van der Waals surface area contributed by atoms with E-state index in [0.29, 0.717) is 18.7 Å². The average molecular weight is 492 g/mol. The lowest BCUT2D eigenvalue weighted by atomic mass is 10.1. The van der Waals surface area contributed by atoms with E-state index < -0.39 is 0 Å². The predicted molar refractivity (Wildman–Crippen MR) is 143 cm³/mol. The fourth-order valence-electron chi connectivity index (χ4n) is 4.87. The van der Waals surface area contributed by atoms with E-state index in [9.17, 15) is 9.18 Å². The van der Waals surface area contributed by atoms with Crippen molar-refractivity contribution >= 4 is 11.7 Å². The molecule has 2 heterocycles. The molecule has 1 atom stereocenters. The largest absolute Gasteiger partial charge is 0.354 e. The fraction of sp³-hybridized carbons (Fsp3) is 0.448. The van der Waals surface area contributed by atoms with Gasteiger partial charge in [0, 0.05) is 37.8 Å². The van der Waals surface area contributed by atoms with Gasteiger partial charge >= 0.3 is 0 Å². The van der Waals surface area contributed by atoms with Crippen LogP contribution in [0.5, 0.6) is 0 Å². The van der Waals surface area contributed by atoms with Gasteiger partial charge in [0.2, 0.25) is 5.91 Å². The topological polar surface area (TPSA) is 44.6 Å². The molecule has 1 amide bonds. The number of carbonyl (C=O) groups is 1. The quantitative estimate of drug-likeness (QED) is 0.430. The van der Waals surface area contributed by atoms with Crippen molar-refractivity contribution in [3.8, 4) is 5.69 Å². The lowest BCUT2D eigenvalue weighted by Gasteiger charge is -2.37. The Bertz CT molecular complexity index is 1150. The Morgan fingerprint density at radius 1 is 1.06 bits per heavy atom. The van der Waals surface area contributed by atoms with Crippen LogP contribution in [0.1, 0.15) is 44.0 Å². The van der Waals surface area contributed by atoms with Gasteiger partial charge in [-0.05, 0) is 50.6 Å². The molecule has 2 aromatic carbocycles. The first kappa shape index (κ1) is 25.9. The first-order chi connectivity index (χ1) is 17.4. The zero-order valence-corrected chi connectivity index (χ0v) is 22.0. The Balaban J connectivity index is 1.72. The van der Waals surface area contributed by atoms with Crippen molar-refractivity contribution in [2.75, 3.05) is 37.6 Å². The van der Waals surface area contributed by atoms with E-state index in [-0.39, 0.29) is 17.8 Å². The number of benzene rings is 2. The number of aromatic nitrogens is 2. The fourth-order valence-corrected chi connectivity index (χ4v) is 4.87. The Labute approximate surface area is 214 Å². The van der Waals surface area contributed by atoms with Crippen molar-refractivity contribution in [2.45, 2.75) is 53.1 Å². The lowest BCUT2D eigenvalue weighted by molar-refractivity contribution is -0.133. The lowest BCUT2D eigenvalue weighted by Crippen LogP contribution is -2.47. The van der Waals surface area contributed by atoms with Gasteiger partial charge in [0.05, 0.1) is 24.3 Å². The average Bonchev–Trinajstić information content (AvgIpc) is 3.23. The second-order valence-electron chi connectivity index (χ2n) is 9.64. The van der Waals surface area contributed by atoms with Crippen molar-refractivity contribution in [1.82, 2.24) is 19.6 Å². The van der Waals surface area contributed by atoms with Gasteiger partial charge in [0.25, 0.3) is 0 Å². The summed E-state index contributed by atoms with van der Waals surface area (Å²) >= 11 is 0. The number of hydrogen-bond acceptors (Lipinski definition) is 4. The molecular weight excluding hydrogens is 453 g/mol. The van der Waals surface area contributed by atoms with Gasteiger partial charge in [-0.1, -0.05) is 50.2 Å². The van der Waals surface area contributed by atoms with Crippen LogP contribution in [0.2, 0.25) is 0 Å². The van der Waals surface area contributed by atoms with Crippen molar-refractivity contribution in [2.24, 2.45) is 0 Å². The summed E-state index contributed by atoms with van der Waals surface area (Å²) in [7, 11) is 0. The van der Waals surface area contributed by atoms with E-state index in [1.807, 2.05) is 52.9 Å². The molecule has 1 aromatic heterocycles. The van der Waals surface area contributed by atoms with Gasteiger partial charge in [0.15, 0.2) is 0 Å². The number of hydrogen-bond donors (Lipinski definition) is 0. The molecule has 0 spiro atoms. The van der Waals surface area contributed by atoms with Crippen LogP contribution in [0.4, 0.5) is 10.2 Å². The van der Waals surface area contributed by atoms with Crippen LogP contribution in [0.15, 0.2) is 54.6 Å². The molecule has 7 heteroatoms. The van der Waals surface area contributed by atoms with Crippen molar-refractivity contribution < 1.29 is 9.18 Å². The summed E-state index contributed by atoms with van der Waals surface area (Å²) in [6.07, 6.45) is 1.23. The molecule has 0 unspecified atom stereocenters. The number of carbonyl (C=O) groups excluding carboxylic acids is 1. The Morgan fingerprint density at radius 2 is 1.78 bits per heavy atom. The molecule has 192 valence electrons. The van der Waals surface area contributed by atoms with Crippen molar-refractivity contribution in [3.05, 3.63) is 77.2 Å². The maximum atomic E-state index is 14.2. The van der Waals surface area contributed by atoms with Crippen LogP contribution in [-0.4, -0.2) is 64.3 Å². The van der Waals surface area contributed by atoms with Gasteiger partial charge in [-0.15, -0.1) is 0 Å². The minimum absolute atomic E-state index is 0.0860.